The van der Waals surface area contributed by atoms with Crippen LogP contribution in [0.4, 0.5) is 0 Å². The lowest BCUT2D eigenvalue weighted by Gasteiger charge is -2.58. The van der Waals surface area contributed by atoms with Crippen molar-refractivity contribution in [3.63, 3.8) is 0 Å². The Morgan fingerprint density at radius 1 is 0.846 bits per heavy atom. The van der Waals surface area contributed by atoms with Gasteiger partial charge in [0.1, 0.15) is 6.79 Å². The summed E-state index contributed by atoms with van der Waals surface area (Å²) in [5, 5.41) is 0. The van der Waals surface area contributed by atoms with Crippen molar-refractivity contribution in [3.05, 3.63) is 0 Å². The Bertz CT molecular complexity index is 516. The zero-order valence-electron chi connectivity index (χ0n) is 16.6. The molecule has 3 saturated carbocycles. The summed E-state index contributed by atoms with van der Waals surface area (Å²) in [6.45, 7) is 1.81. The summed E-state index contributed by atoms with van der Waals surface area (Å²) in [5.41, 5.74) is 0. The van der Waals surface area contributed by atoms with Gasteiger partial charge in [-0.05, 0) is 44.4 Å². The number of hydrogen-bond donors (Lipinski definition) is 1. The third kappa shape index (κ3) is 2.69. The van der Waals surface area contributed by atoms with Crippen LogP contribution in [0.3, 0.4) is 0 Å². The van der Waals surface area contributed by atoms with E-state index in [-0.39, 0.29) is 12.2 Å². The number of quaternary nitrogens is 1. The number of piperidine rings is 1. The van der Waals surface area contributed by atoms with E-state index in [4.69, 9.17) is 18.9 Å². The van der Waals surface area contributed by atoms with Gasteiger partial charge in [0, 0.05) is 37.9 Å². The molecular formula is C21H36NO4+. The lowest BCUT2D eigenvalue weighted by atomic mass is 9.54. The van der Waals surface area contributed by atoms with Crippen molar-refractivity contribution in [1.29, 1.82) is 0 Å². The zero-order valence-corrected chi connectivity index (χ0v) is 16.6. The molecule has 0 aromatic rings. The Kier molecular flexibility index (Phi) is 4.81. The van der Waals surface area contributed by atoms with Gasteiger partial charge in [0.15, 0.2) is 0 Å². The first-order chi connectivity index (χ1) is 12.7. The molecule has 5 nitrogen and oxygen atoms in total. The van der Waals surface area contributed by atoms with Gasteiger partial charge in [-0.2, -0.15) is 0 Å². The fraction of sp³-hybridized carbons (Fsp3) is 1.00. The first kappa shape index (κ1) is 17.9. The van der Waals surface area contributed by atoms with Crippen molar-refractivity contribution < 1.29 is 23.8 Å². The van der Waals surface area contributed by atoms with Gasteiger partial charge < -0.3 is 23.8 Å². The molecule has 5 rings (SSSR count). The number of rotatable bonds is 2. The molecular weight excluding hydrogens is 330 g/mol. The maximum atomic E-state index is 6.07. The molecule has 148 valence electrons. The minimum Gasteiger partial charge on any atom is -0.379 e. The van der Waals surface area contributed by atoms with Gasteiger partial charge in [-0.1, -0.05) is 0 Å². The molecule has 1 N–H and O–H groups in total. The molecule has 0 radical (unpaired) electrons. The molecule has 2 aliphatic heterocycles. The third-order valence-electron chi connectivity index (χ3n) is 8.75. The van der Waals surface area contributed by atoms with E-state index in [1.54, 1.807) is 4.90 Å². The summed E-state index contributed by atoms with van der Waals surface area (Å²) in [7, 11) is 6.22. The van der Waals surface area contributed by atoms with Crippen molar-refractivity contribution in [1.82, 2.24) is 0 Å². The highest BCUT2D eigenvalue weighted by molar-refractivity contribution is 5.03. The minimum atomic E-state index is 0.276. The van der Waals surface area contributed by atoms with Crippen molar-refractivity contribution in [3.8, 4) is 0 Å². The van der Waals surface area contributed by atoms with Gasteiger partial charge in [0.05, 0.1) is 44.1 Å². The van der Waals surface area contributed by atoms with Crippen molar-refractivity contribution in [2.24, 2.45) is 29.6 Å². The number of hydrogen-bond acceptors (Lipinski definition) is 4. The molecule has 3 aliphatic carbocycles. The molecule has 5 heteroatoms. The molecule has 0 spiro atoms. The second-order valence-electron chi connectivity index (χ2n) is 9.63. The summed E-state index contributed by atoms with van der Waals surface area (Å²) in [6.07, 6.45) is 8.87. The Morgan fingerprint density at radius 2 is 1.62 bits per heavy atom. The Morgan fingerprint density at radius 3 is 2.38 bits per heavy atom. The molecule has 0 bridgehead atoms. The van der Waals surface area contributed by atoms with Crippen LogP contribution in [0.15, 0.2) is 0 Å². The minimum absolute atomic E-state index is 0.276. The zero-order chi connectivity index (χ0) is 17.8. The van der Waals surface area contributed by atoms with Gasteiger partial charge in [-0.3, -0.25) is 0 Å². The SMILES string of the molecule is COC1CCC2C[NH+](C)C3C4CC5OCOC5CC4CCC3C2C1OC. The van der Waals surface area contributed by atoms with Crippen LogP contribution in [0.2, 0.25) is 0 Å². The van der Waals surface area contributed by atoms with Crippen LogP contribution in [0.1, 0.15) is 38.5 Å². The standard InChI is InChI=1S/C21H35NO4/c1-22-10-13-5-7-16(23-2)21(24-3)19(13)14-6-4-12-8-17-18(26-11-25-17)9-15(12)20(14)22/h12-21H,4-11H2,1-3H3/p+1. The number of likely N-dealkylation sites (tertiary alicyclic amines) is 1. The summed E-state index contributed by atoms with van der Waals surface area (Å²) in [6, 6.07) is 0.758. The Balaban J connectivity index is 1.42. The van der Waals surface area contributed by atoms with Crippen molar-refractivity contribution in [2.45, 2.75) is 69.0 Å². The quantitative estimate of drug-likeness (QED) is 0.795. The van der Waals surface area contributed by atoms with E-state index in [0.717, 1.165) is 36.1 Å². The molecule has 5 fully saturated rings. The number of methoxy groups -OCH3 is 2. The van der Waals surface area contributed by atoms with Gasteiger partial charge >= 0.3 is 0 Å². The van der Waals surface area contributed by atoms with Crippen LogP contribution in [-0.4, -0.2) is 65.1 Å². The number of fused-ring (bicyclic) bond motifs is 6. The molecule has 2 saturated heterocycles. The average molecular weight is 367 g/mol. The summed E-state index contributed by atoms with van der Waals surface area (Å²) in [4.78, 5) is 1.77. The van der Waals surface area contributed by atoms with Gasteiger partial charge in [0.2, 0.25) is 0 Å². The highest BCUT2D eigenvalue weighted by atomic mass is 16.7. The monoisotopic (exact) mass is 366 g/mol. The molecule has 11 unspecified atom stereocenters. The maximum Gasteiger partial charge on any atom is 0.147 e. The maximum absolute atomic E-state index is 6.07. The first-order valence-corrected chi connectivity index (χ1v) is 10.8. The smallest absolute Gasteiger partial charge is 0.147 e. The Labute approximate surface area is 157 Å². The topological polar surface area (TPSA) is 41.4 Å². The van der Waals surface area contributed by atoms with Gasteiger partial charge in [0.25, 0.3) is 0 Å². The van der Waals surface area contributed by atoms with E-state index >= 15 is 0 Å². The highest BCUT2D eigenvalue weighted by Gasteiger charge is 2.59. The molecule has 11 atom stereocenters. The molecule has 26 heavy (non-hydrogen) atoms. The highest BCUT2D eigenvalue weighted by Crippen LogP contribution is 2.51. The number of ether oxygens (including phenoxy) is 4. The lowest BCUT2D eigenvalue weighted by molar-refractivity contribution is -0.928. The predicted octanol–water partition coefficient (Wildman–Crippen LogP) is 1.12. The van der Waals surface area contributed by atoms with Crippen LogP contribution in [0, 0.1) is 29.6 Å². The van der Waals surface area contributed by atoms with E-state index in [1.165, 1.54) is 38.6 Å². The third-order valence-corrected chi connectivity index (χ3v) is 8.75. The first-order valence-electron chi connectivity index (χ1n) is 10.8. The van der Waals surface area contributed by atoms with Crippen molar-refractivity contribution in [2.75, 3.05) is 34.6 Å². The lowest BCUT2D eigenvalue weighted by Crippen LogP contribution is -3.17. The van der Waals surface area contributed by atoms with Crippen LogP contribution in [-0.2, 0) is 18.9 Å². The molecule has 2 heterocycles. The van der Waals surface area contributed by atoms with Crippen molar-refractivity contribution >= 4 is 0 Å². The molecule has 0 aromatic carbocycles. The fourth-order valence-electron chi connectivity index (χ4n) is 7.83. The number of nitrogens with one attached hydrogen (secondary N) is 1. The predicted molar refractivity (Wildman–Crippen MR) is 96.9 cm³/mol. The molecule has 5 aliphatic rings. The van der Waals surface area contributed by atoms with Gasteiger partial charge in [-0.25, -0.2) is 0 Å². The normalized spacial score (nSPS) is 56.2. The van der Waals surface area contributed by atoms with Crippen LogP contribution in [0.5, 0.6) is 0 Å². The van der Waals surface area contributed by atoms with E-state index in [0.29, 0.717) is 24.9 Å². The van der Waals surface area contributed by atoms with E-state index < -0.39 is 0 Å². The summed E-state index contributed by atoms with van der Waals surface area (Å²) < 4.78 is 23.7. The second kappa shape index (κ2) is 7.00. The van der Waals surface area contributed by atoms with E-state index in [2.05, 4.69) is 7.05 Å². The van der Waals surface area contributed by atoms with Gasteiger partial charge in [-0.15, -0.1) is 0 Å². The summed E-state index contributed by atoms with van der Waals surface area (Å²) >= 11 is 0. The Hall–Kier alpha value is -0.200. The van der Waals surface area contributed by atoms with E-state index in [1.807, 2.05) is 14.2 Å². The van der Waals surface area contributed by atoms with Crippen LogP contribution in [0.25, 0.3) is 0 Å². The fourth-order valence-corrected chi connectivity index (χ4v) is 7.83. The average Bonchev–Trinajstić information content (AvgIpc) is 3.12. The molecule has 0 aromatic heterocycles. The van der Waals surface area contributed by atoms with Crippen LogP contribution < -0.4 is 4.90 Å². The molecule has 0 amide bonds. The van der Waals surface area contributed by atoms with E-state index in [9.17, 15) is 0 Å². The van der Waals surface area contributed by atoms with Crippen LogP contribution >= 0.6 is 0 Å². The summed E-state index contributed by atoms with van der Waals surface area (Å²) in [5.74, 6) is 3.86. The second-order valence-corrected chi connectivity index (χ2v) is 9.63. The largest absolute Gasteiger partial charge is 0.379 e.